The van der Waals surface area contributed by atoms with Crippen LogP contribution in [0.25, 0.3) is 0 Å². The van der Waals surface area contributed by atoms with Gasteiger partial charge in [0.25, 0.3) is 0 Å². The number of aromatic nitrogens is 2. The molecule has 1 aliphatic heterocycles. The molecular weight excluding hydrogens is 410 g/mol. The van der Waals surface area contributed by atoms with Gasteiger partial charge in [-0.15, -0.1) is 0 Å². The molecule has 1 aromatic heterocycles. The van der Waals surface area contributed by atoms with Crippen molar-refractivity contribution in [3.05, 3.63) is 22.7 Å². The lowest BCUT2D eigenvalue weighted by Crippen LogP contribution is -2.48. The average Bonchev–Trinajstić information content (AvgIpc) is 2.71. The SMILES string of the molecule is CC(=O)Nc1ccn([C@H]2C[C@H](O)[C@H](O)[C@H](O)[C@@H](CO[Si](C)(C)C(C)(C)C)O2)c(=O)n1. The van der Waals surface area contributed by atoms with Gasteiger partial charge in [-0.1, -0.05) is 20.8 Å². The van der Waals surface area contributed by atoms with Crippen molar-refractivity contribution in [2.24, 2.45) is 0 Å². The van der Waals surface area contributed by atoms with Gasteiger partial charge in [-0.05, 0) is 24.2 Å². The third kappa shape index (κ3) is 5.74. The van der Waals surface area contributed by atoms with E-state index in [1.165, 1.54) is 19.2 Å². The number of carbonyl (C=O) groups is 1. The van der Waals surface area contributed by atoms with Crippen LogP contribution in [0, 0.1) is 0 Å². The molecule has 2 rings (SSSR count). The molecular formula is C19H33N3O7Si. The van der Waals surface area contributed by atoms with Crippen molar-refractivity contribution in [3.8, 4) is 0 Å². The van der Waals surface area contributed by atoms with Crippen molar-refractivity contribution in [3.63, 3.8) is 0 Å². The smallest absolute Gasteiger partial charge is 0.351 e. The van der Waals surface area contributed by atoms with Crippen molar-refractivity contribution < 1.29 is 29.3 Å². The van der Waals surface area contributed by atoms with Gasteiger partial charge in [-0.2, -0.15) is 4.98 Å². The minimum Gasteiger partial charge on any atom is -0.414 e. The Kier molecular flexibility index (Phi) is 7.59. The summed E-state index contributed by atoms with van der Waals surface area (Å²) in [4.78, 5) is 27.4. The number of aliphatic hydroxyl groups is 3. The fourth-order valence-electron chi connectivity index (χ4n) is 2.84. The summed E-state index contributed by atoms with van der Waals surface area (Å²) in [5.74, 6) is -0.273. The van der Waals surface area contributed by atoms with Crippen molar-refractivity contribution in [2.75, 3.05) is 11.9 Å². The molecule has 5 atom stereocenters. The molecule has 170 valence electrons. The first kappa shape index (κ1) is 24.6. The highest BCUT2D eigenvalue weighted by atomic mass is 28.4. The number of nitrogens with zero attached hydrogens (tertiary/aromatic N) is 2. The monoisotopic (exact) mass is 443 g/mol. The Labute approximate surface area is 177 Å². The van der Waals surface area contributed by atoms with E-state index in [0.717, 1.165) is 4.57 Å². The Hall–Kier alpha value is -1.63. The number of aliphatic hydroxyl groups excluding tert-OH is 3. The van der Waals surface area contributed by atoms with Crippen LogP contribution in [0.15, 0.2) is 17.1 Å². The summed E-state index contributed by atoms with van der Waals surface area (Å²) >= 11 is 0. The number of anilines is 1. The van der Waals surface area contributed by atoms with Crippen LogP contribution in [0.2, 0.25) is 18.1 Å². The Morgan fingerprint density at radius 2 is 1.97 bits per heavy atom. The van der Waals surface area contributed by atoms with E-state index in [2.05, 4.69) is 31.1 Å². The first-order chi connectivity index (χ1) is 13.7. The van der Waals surface area contributed by atoms with Crippen LogP contribution in [0.1, 0.15) is 40.3 Å². The van der Waals surface area contributed by atoms with Crippen LogP contribution in [-0.4, -0.2) is 70.1 Å². The van der Waals surface area contributed by atoms with E-state index < -0.39 is 44.7 Å². The molecule has 1 amide bonds. The average molecular weight is 444 g/mol. The summed E-state index contributed by atoms with van der Waals surface area (Å²) in [5, 5.41) is 33.4. The quantitative estimate of drug-likeness (QED) is 0.484. The molecule has 30 heavy (non-hydrogen) atoms. The van der Waals surface area contributed by atoms with Gasteiger partial charge in [0.2, 0.25) is 5.91 Å². The lowest BCUT2D eigenvalue weighted by Gasteiger charge is -2.38. The molecule has 0 bridgehead atoms. The van der Waals surface area contributed by atoms with Gasteiger partial charge in [0, 0.05) is 19.5 Å². The van der Waals surface area contributed by atoms with Crippen molar-refractivity contribution >= 4 is 20.0 Å². The van der Waals surface area contributed by atoms with Crippen LogP contribution >= 0.6 is 0 Å². The van der Waals surface area contributed by atoms with E-state index in [0.29, 0.717) is 0 Å². The molecule has 0 radical (unpaired) electrons. The standard InChI is InChI=1S/C19H33N3O7Si/c1-11(23)20-14-7-8-22(18(27)21-14)15-9-12(24)16(25)17(26)13(29-15)10-28-30(5,6)19(2,3)4/h7-8,12-13,15-17,24-26H,9-10H2,1-6H3,(H,20,21,23,27)/t12-,13+,15+,16-,17+/m0/s1. The van der Waals surface area contributed by atoms with E-state index in [-0.39, 0.29) is 29.8 Å². The Morgan fingerprint density at radius 1 is 1.33 bits per heavy atom. The van der Waals surface area contributed by atoms with E-state index >= 15 is 0 Å². The largest absolute Gasteiger partial charge is 0.414 e. The second kappa shape index (κ2) is 9.24. The molecule has 1 saturated heterocycles. The molecule has 1 aromatic rings. The number of hydrogen-bond donors (Lipinski definition) is 4. The van der Waals surface area contributed by atoms with Crippen LogP contribution in [0.3, 0.4) is 0 Å². The molecule has 4 N–H and O–H groups in total. The maximum Gasteiger partial charge on any atom is 0.351 e. The molecule has 0 unspecified atom stereocenters. The number of hydrogen-bond acceptors (Lipinski definition) is 8. The minimum absolute atomic E-state index is 0.00406. The summed E-state index contributed by atoms with van der Waals surface area (Å²) in [6.45, 7) is 11.6. The zero-order valence-corrected chi connectivity index (χ0v) is 19.3. The van der Waals surface area contributed by atoms with Crippen LogP contribution in [0.4, 0.5) is 5.82 Å². The summed E-state index contributed by atoms with van der Waals surface area (Å²) in [6, 6.07) is 1.43. The van der Waals surface area contributed by atoms with Gasteiger partial charge in [-0.3, -0.25) is 9.36 Å². The first-order valence-electron chi connectivity index (χ1n) is 9.93. The van der Waals surface area contributed by atoms with Crippen LogP contribution in [-0.2, 0) is 14.0 Å². The molecule has 0 aliphatic carbocycles. The third-order valence-electron chi connectivity index (χ3n) is 5.76. The lowest BCUT2D eigenvalue weighted by molar-refractivity contribution is -0.130. The van der Waals surface area contributed by atoms with Gasteiger partial charge >= 0.3 is 5.69 Å². The highest BCUT2D eigenvalue weighted by Crippen LogP contribution is 2.37. The summed E-state index contributed by atoms with van der Waals surface area (Å²) < 4.78 is 13.2. The lowest BCUT2D eigenvalue weighted by atomic mass is 10.0. The predicted octanol–water partition coefficient (Wildman–Crippen LogP) is 0.594. The Morgan fingerprint density at radius 3 is 2.50 bits per heavy atom. The van der Waals surface area contributed by atoms with Gasteiger partial charge in [0.05, 0.1) is 12.7 Å². The van der Waals surface area contributed by atoms with Crippen molar-refractivity contribution in [1.82, 2.24) is 9.55 Å². The third-order valence-corrected chi connectivity index (χ3v) is 10.3. The maximum atomic E-state index is 12.4. The molecule has 2 heterocycles. The van der Waals surface area contributed by atoms with E-state index in [1.54, 1.807) is 0 Å². The minimum atomic E-state index is -2.17. The molecule has 1 fully saturated rings. The molecule has 0 spiro atoms. The van der Waals surface area contributed by atoms with Gasteiger partial charge in [0.15, 0.2) is 8.32 Å². The predicted molar refractivity (Wildman–Crippen MR) is 112 cm³/mol. The molecule has 10 nitrogen and oxygen atoms in total. The molecule has 1 aliphatic rings. The summed E-state index contributed by atoms with van der Waals surface area (Å²) in [5.41, 5.74) is -0.701. The van der Waals surface area contributed by atoms with Gasteiger partial charge in [0.1, 0.15) is 30.4 Å². The zero-order valence-electron chi connectivity index (χ0n) is 18.3. The van der Waals surface area contributed by atoms with Gasteiger partial charge in [-0.25, -0.2) is 4.79 Å². The normalized spacial score (nSPS) is 28.1. The number of carbonyl (C=O) groups excluding carboxylic acids is 1. The topological polar surface area (TPSA) is 143 Å². The van der Waals surface area contributed by atoms with Gasteiger partial charge < -0.3 is 29.8 Å². The van der Waals surface area contributed by atoms with Crippen molar-refractivity contribution in [1.29, 1.82) is 0 Å². The highest BCUT2D eigenvalue weighted by molar-refractivity contribution is 6.74. The number of rotatable bonds is 5. The van der Waals surface area contributed by atoms with E-state index in [1.807, 2.05) is 13.1 Å². The first-order valence-corrected chi connectivity index (χ1v) is 12.8. The van der Waals surface area contributed by atoms with Crippen LogP contribution in [0.5, 0.6) is 0 Å². The Bertz CT molecular complexity index is 808. The van der Waals surface area contributed by atoms with E-state index in [4.69, 9.17) is 9.16 Å². The van der Waals surface area contributed by atoms with E-state index in [9.17, 15) is 24.9 Å². The number of nitrogens with one attached hydrogen (secondary N) is 1. The Balaban J connectivity index is 2.27. The second-order valence-electron chi connectivity index (χ2n) is 9.17. The van der Waals surface area contributed by atoms with Crippen LogP contribution < -0.4 is 11.0 Å². The van der Waals surface area contributed by atoms with Crippen molar-refractivity contribution in [2.45, 2.75) is 82.9 Å². The molecule has 0 saturated carbocycles. The summed E-state index contributed by atoms with van der Waals surface area (Å²) in [7, 11) is -2.17. The molecule has 11 heteroatoms. The summed E-state index contributed by atoms with van der Waals surface area (Å²) in [6.07, 6.45) is -4.85. The second-order valence-corrected chi connectivity index (χ2v) is 14.0. The number of amides is 1. The molecule has 0 aromatic carbocycles. The number of ether oxygens (including phenoxy) is 1. The fourth-order valence-corrected chi connectivity index (χ4v) is 3.85. The fraction of sp³-hybridized carbons (Fsp3) is 0.737. The zero-order chi connectivity index (χ0) is 22.9. The highest BCUT2D eigenvalue weighted by Gasteiger charge is 2.43. The maximum absolute atomic E-state index is 12.4.